The van der Waals surface area contributed by atoms with Crippen molar-refractivity contribution in [2.75, 3.05) is 7.11 Å². The van der Waals surface area contributed by atoms with Gasteiger partial charge in [0.1, 0.15) is 34.1 Å². The SMILES string of the molecule is COc1c2c(c(CC(O)C(O)(c3ccccc3)c3ccccc3)c3c1CCC(C)(C)O3)OC(C)(C)CC2. The minimum Gasteiger partial charge on any atom is -0.496 e. The van der Waals surface area contributed by atoms with E-state index in [0.29, 0.717) is 22.6 Å². The molecule has 0 aliphatic carbocycles. The fourth-order valence-electron chi connectivity index (χ4n) is 5.77. The van der Waals surface area contributed by atoms with Crippen LogP contribution in [0.15, 0.2) is 60.7 Å². The standard InChI is InChI=1S/C32H38O5/c1-30(2)18-16-23-27(35-5)24-17-19-31(3,4)37-29(24)25(28(23)36-30)20-26(33)32(34,21-12-8-6-9-13-21)22-14-10-7-11-15-22/h6-15,26,33-34H,16-20H2,1-5H3. The summed E-state index contributed by atoms with van der Waals surface area (Å²) in [6, 6.07) is 18.8. The first-order chi connectivity index (χ1) is 17.6. The summed E-state index contributed by atoms with van der Waals surface area (Å²) in [6.07, 6.45) is 2.34. The van der Waals surface area contributed by atoms with Gasteiger partial charge in [0, 0.05) is 23.1 Å². The maximum atomic E-state index is 12.2. The van der Waals surface area contributed by atoms with E-state index in [-0.39, 0.29) is 17.6 Å². The Labute approximate surface area is 220 Å². The zero-order valence-electron chi connectivity index (χ0n) is 22.5. The van der Waals surface area contributed by atoms with Crippen LogP contribution in [0, 0.1) is 0 Å². The van der Waals surface area contributed by atoms with Gasteiger partial charge in [-0.05, 0) is 64.5 Å². The molecule has 5 nitrogen and oxygen atoms in total. The molecule has 1 unspecified atom stereocenters. The minimum absolute atomic E-state index is 0.154. The van der Waals surface area contributed by atoms with Crippen LogP contribution in [-0.2, 0) is 24.9 Å². The molecule has 5 rings (SSSR count). The topological polar surface area (TPSA) is 68.2 Å². The Balaban J connectivity index is 1.69. The Morgan fingerprint density at radius 3 is 1.65 bits per heavy atom. The molecule has 0 saturated heterocycles. The molecule has 0 aromatic heterocycles. The third kappa shape index (κ3) is 4.60. The molecule has 37 heavy (non-hydrogen) atoms. The minimum atomic E-state index is -1.63. The molecular formula is C32H38O5. The van der Waals surface area contributed by atoms with Crippen molar-refractivity contribution in [2.45, 2.75) is 82.7 Å². The van der Waals surface area contributed by atoms with Crippen molar-refractivity contribution in [2.24, 2.45) is 0 Å². The van der Waals surface area contributed by atoms with Gasteiger partial charge < -0.3 is 24.4 Å². The summed E-state index contributed by atoms with van der Waals surface area (Å²) >= 11 is 0. The Morgan fingerprint density at radius 1 is 0.811 bits per heavy atom. The highest BCUT2D eigenvalue weighted by atomic mass is 16.5. The molecule has 2 aliphatic rings. The second-order valence-corrected chi connectivity index (χ2v) is 11.6. The van der Waals surface area contributed by atoms with Crippen LogP contribution in [0.5, 0.6) is 17.2 Å². The van der Waals surface area contributed by atoms with Gasteiger partial charge in [0.2, 0.25) is 0 Å². The Hall–Kier alpha value is -3.02. The summed E-state index contributed by atoms with van der Waals surface area (Å²) in [5.74, 6) is 2.26. The van der Waals surface area contributed by atoms with Crippen molar-refractivity contribution in [1.82, 2.24) is 0 Å². The zero-order valence-corrected chi connectivity index (χ0v) is 22.5. The van der Waals surface area contributed by atoms with Crippen LogP contribution in [0.1, 0.15) is 68.4 Å². The van der Waals surface area contributed by atoms with Gasteiger partial charge >= 0.3 is 0 Å². The van der Waals surface area contributed by atoms with Crippen LogP contribution in [0.2, 0.25) is 0 Å². The molecule has 3 aromatic rings. The smallest absolute Gasteiger partial charge is 0.141 e. The predicted octanol–water partition coefficient (Wildman–Crippen LogP) is 5.74. The van der Waals surface area contributed by atoms with Gasteiger partial charge in [-0.3, -0.25) is 0 Å². The van der Waals surface area contributed by atoms with Crippen molar-refractivity contribution in [1.29, 1.82) is 0 Å². The summed E-state index contributed by atoms with van der Waals surface area (Å²) in [4.78, 5) is 0. The van der Waals surface area contributed by atoms with Gasteiger partial charge in [-0.2, -0.15) is 0 Å². The van der Waals surface area contributed by atoms with Gasteiger partial charge in [-0.15, -0.1) is 0 Å². The third-order valence-electron chi connectivity index (χ3n) is 7.87. The van der Waals surface area contributed by atoms with Crippen molar-refractivity contribution < 1.29 is 24.4 Å². The third-order valence-corrected chi connectivity index (χ3v) is 7.87. The van der Waals surface area contributed by atoms with Gasteiger partial charge in [0.15, 0.2) is 0 Å². The molecule has 1 atom stereocenters. The number of rotatable bonds is 6. The summed E-state index contributed by atoms with van der Waals surface area (Å²) in [6.45, 7) is 8.32. The highest BCUT2D eigenvalue weighted by Gasteiger charge is 2.44. The van der Waals surface area contributed by atoms with Crippen LogP contribution in [0.25, 0.3) is 0 Å². The summed E-state index contributed by atoms with van der Waals surface area (Å²) in [5.41, 5.74) is 1.74. The average molecular weight is 503 g/mol. The molecule has 0 fully saturated rings. The van der Waals surface area contributed by atoms with Crippen molar-refractivity contribution >= 4 is 0 Å². The number of hydrogen-bond donors (Lipinski definition) is 2. The first-order valence-electron chi connectivity index (χ1n) is 13.2. The summed E-state index contributed by atoms with van der Waals surface area (Å²) in [5, 5.41) is 24.2. The highest BCUT2D eigenvalue weighted by molar-refractivity contribution is 5.65. The van der Waals surface area contributed by atoms with E-state index in [1.54, 1.807) is 7.11 Å². The number of ether oxygens (including phenoxy) is 3. The van der Waals surface area contributed by atoms with E-state index in [2.05, 4.69) is 27.7 Å². The fraction of sp³-hybridized carbons (Fsp3) is 0.438. The summed E-state index contributed by atoms with van der Waals surface area (Å²) < 4.78 is 19.1. The lowest BCUT2D eigenvalue weighted by atomic mass is 9.78. The largest absolute Gasteiger partial charge is 0.496 e. The zero-order chi connectivity index (χ0) is 26.4. The van der Waals surface area contributed by atoms with E-state index < -0.39 is 11.7 Å². The molecule has 2 aliphatic heterocycles. The maximum Gasteiger partial charge on any atom is 0.141 e. The van der Waals surface area contributed by atoms with E-state index in [0.717, 1.165) is 48.1 Å². The molecule has 0 saturated carbocycles. The molecule has 0 spiro atoms. The van der Waals surface area contributed by atoms with Crippen molar-refractivity contribution in [3.63, 3.8) is 0 Å². The Kier molecular flexibility index (Phi) is 6.49. The lowest BCUT2D eigenvalue weighted by Gasteiger charge is -2.41. The Morgan fingerprint density at radius 2 is 1.24 bits per heavy atom. The molecule has 0 radical (unpaired) electrons. The van der Waals surface area contributed by atoms with Gasteiger partial charge in [-0.1, -0.05) is 60.7 Å². The second-order valence-electron chi connectivity index (χ2n) is 11.6. The van der Waals surface area contributed by atoms with E-state index in [1.807, 2.05) is 60.7 Å². The highest BCUT2D eigenvalue weighted by Crippen LogP contribution is 2.52. The molecular weight excluding hydrogens is 464 g/mol. The van der Waals surface area contributed by atoms with Crippen LogP contribution in [0.4, 0.5) is 0 Å². The molecule has 196 valence electrons. The van der Waals surface area contributed by atoms with Gasteiger partial charge in [0.25, 0.3) is 0 Å². The number of methoxy groups -OCH3 is 1. The quantitative estimate of drug-likeness (QED) is 0.450. The number of benzene rings is 3. The van der Waals surface area contributed by atoms with Crippen LogP contribution in [-0.4, -0.2) is 34.6 Å². The molecule has 0 amide bonds. The van der Waals surface area contributed by atoms with Gasteiger partial charge in [0.05, 0.1) is 13.2 Å². The van der Waals surface area contributed by atoms with Crippen molar-refractivity contribution in [3.8, 4) is 17.2 Å². The fourth-order valence-corrected chi connectivity index (χ4v) is 5.77. The number of aliphatic hydroxyl groups excluding tert-OH is 1. The first-order valence-corrected chi connectivity index (χ1v) is 13.2. The average Bonchev–Trinajstić information content (AvgIpc) is 2.88. The van der Waals surface area contributed by atoms with Crippen LogP contribution >= 0.6 is 0 Å². The number of aliphatic hydroxyl groups is 2. The molecule has 2 heterocycles. The Bertz CT molecular complexity index is 1180. The normalized spacial score (nSPS) is 18.6. The predicted molar refractivity (Wildman–Crippen MR) is 145 cm³/mol. The molecule has 5 heteroatoms. The molecule has 0 bridgehead atoms. The molecule has 2 N–H and O–H groups in total. The van der Waals surface area contributed by atoms with E-state index in [1.165, 1.54) is 0 Å². The van der Waals surface area contributed by atoms with Crippen molar-refractivity contribution in [3.05, 3.63) is 88.5 Å². The second kappa shape index (κ2) is 9.38. The lowest BCUT2D eigenvalue weighted by molar-refractivity contribution is -0.0501. The monoisotopic (exact) mass is 502 g/mol. The van der Waals surface area contributed by atoms with Crippen LogP contribution in [0.3, 0.4) is 0 Å². The lowest BCUT2D eigenvalue weighted by Crippen LogP contribution is -2.43. The van der Waals surface area contributed by atoms with Crippen LogP contribution < -0.4 is 14.2 Å². The molecule has 3 aromatic carbocycles. The summed E-state index contributed by atoms with van der Waals surface area (Å²) in [7, 11) is 1.70. The van der Waals surface area contributed by atoms with E-state index in [4.69, 9.17) is 14.2 Å². The number of hydrogen-bond acceptors (Lipinski definition) is 5. The van der Waals surface area contributed by atoms with E-state index in [9.17, 15) is 10.2 Å². The first kappa shape index (κ1) is 25.6. The van der Waals surface area contributed by atoms with E-state index >= 15 is 0 Å². The van der Waals surface area contributed by atoms with Gasteiger partial charge in [-0.25, -0.2) is 0 Å². The number of fused-ring (bicyclic) bond motifs is 2. The maximum absolute atomic E-state index is 12.2.